The number of aromatic hydroxyl groups is 1. The van der Waals surface area contributed by atoms with Crippen molar-refractivity contribution in [2.24, 2.45) is 5.10 Å². The van der Waals surface area contributed by atoms with Crippen molar-refractivity contribution in [3.8, 4) is 5.75 Å². The molecule has 0 heterocycles. The molecule has 1 amide bonds. The van der Waals surface area contributed by atoms with Gasteiger partial charge in [-0.3, -0.25) is 4.79 Å². The molecule has 138 valence electrons. The lowest BCUT2D eigenvalue weighted by molar-refractivity contribution is -0.121. The van der Waals surface area contributed by atoms with E-state index in [1.54, 1.807) is 6.07 Å². The molecule has 0 aliphatic carbocycles. The van der Waals surface area contributed by atoms with Crippen molar-refractivity contribution < 1.29 is 9.90 Å². The van der Waals surface area contributed by atoms with E-state index in [-0.39, 0.29) is 11.7 Å². The fourth-order valence-corrected chi connectivity index (χ4v) is 3.02. The molecule has 0 spiro atoms. The lowest BCUT2D eigenvalue weighted by Gasteiger charge is -2.16. The first-order chi connectivity index (χ1) is 13.1. The number of nitrogens with zero attached hydrogens (tertiary/aromatic N) is 1. The first-order valence-electron chi connectivity index (χ1n) is 8.64. The number of nitrogens with one attached hydrogen (secondary N) is 2. The Kier molecular flexibility index (Phi) is 6.08. The zero-order valence-electron chi connectivity index (χ0n) is 14.8. The van der Waals surface area contributed by atoms with Gasteiger partial charge in [0.2, 0.25) is 0 Å². The molecule has 0 fully saturated rings. The van der Waals surface area contributed by atoms with E-state index in [9.17, 15) is 9.90 Å². The van der Waals surface area contributed by atoms with Crippen LogP contribution in [0.2, 0.25) is 0 Å². The summed E-state index contributed by atoms with van der Waals surface area (Å²) in [7, 11) is 0. The number of hydrogen-bond donors (Lipinski definition) is 3. The number of halogens is 1. The van der Waals surface area contributed by atoms with E-state index in [2.05, 4.69) is 31.8 Å². The second kappa shape index (κ2) is 8.68. The van der Waals surface area contributed by atoms with Crippen molar-refractivity contribution in [1.29, 1.82) is 0 Å². The summed E-state index contributed by atoms with van der Waals surface area (Å²) in [5.74, 6) is -0.122. The smallest absolute Gasteiger partial charge is 0.262 e. The highest BCUT2D eigenvalue weighted by Gasteiger charge is 2.15. The average Bonchev–Trinajstić information content (AvgIpc) is 2.69. The van der Waals surface area contributed by atoms with E-state index in [0.717, 1.165) is 20.9 Å². The van der Waals surface area contributed by atoms with E-state index in [1.165, 1.54) is 6.21 Å². The highest BCUT2D eigenvalue weighted by Crippen LogP contribution is 2.25. The molecule has 3 aromatic rings. The number of hydrazone groups is 1. The Morgan fingerprint density at radius 3 is 2.63 bits per heavy atom. The maximum Gasteiger partial charge on any atom is 0.262 e. The summed E-state index contributed by atoms with van der Waals surface area (Å²) in [5, 5.41) is 19.2. The van der Waals surface area contributed by atoms with Crippen LogP contribution in [-0.4, -0.2) is 23.3 Å². The second-order valence-electron chi connectivity index (χ2n) is 6.07. The first kappa shape index (κ1) is 18.9. The lowest BCUT2D eigenvalue weighted by atomic mass is 10.0. The Bertz CT molecular complexity index is 971. The van der Waals surface area contributed by atoms with Gasteiger partial charge < -0.3 is 10.4 Å². The highest BCUT2D eigenvalue weighted by molar-refractivity contribution is 9.10. The minimum atomic E-state index is -0.413. The van der Waals surface area contributed by atoms with Crippen LogP contribution >= 0.6 is 15.9 Å². The minimum absolute atomic E-state index is 0.117. The summed E-state index contributed by atoms with van der Waals surface area (Å²) in [4.78, 5) is 12.4. The van der Waals surface area contributed by atoms with Crippen molar-refractivity contribution in [3.05, 3.63) is 70.7 Å². The number of fused-ring (bicyclic) bond motifs is 1. The van der Waals surface area contributed by atoms with Crippen LogP contribution in [0.5, 0.6) is 5.75 Å². The topological polar surface area (TPSA) is 73.7 Å². The monoisotopic (exact) mass is 425 g/mol. The number of carbonyl (C=O) groups excluding carboxylic acids is 1. The lowest BCUT2D eigenvalue weighted by Crippen LogP contribution is -2.36. The molecule has 1 unspecified atom stereocenters. The quantitative estimate of drug-likeness (QED) is 0.397. The maximum atomic E-state index is 12.4. The predicted octanol–water partition coefficient (Wildman–Crippen LogP) is 4.65. The molecule has 1 atom stereocenters. The fraction of sp³-hybridized carbons (Fsp3) is 0.143. The van der Waals surface area contributed by atoms with Gasteiger partial charge in [0.25, 0.3) is 5.91 Å². The van der Waals surface area contributed by atoms with Crippen LogP contribution in [0.15, 0.2) is 70.2 Å². The molecule has 0 saturated carbocycles. The van der Waals surface area contributed by atoms with Crippen molar-refractivity contribution in [1.82, 2.24) is 5.43 Å². The van der Waals surface area contributed by atoms with Gasteiger partial charge in [-0.25, -0.2) is 5.43 Å². The summed E-state index contributed by atoms with van der Waals surface area (Å²) in [6, 6.07) is 18.4. The zero-order valence-corrected chi connectivity index (χ0v) is 16.4. The molecule has 0 aliphatic rings. The van der Waals surface area contributed by atoms with Crippen LogP contribution in [0, 0.1) is 0 Å². The molecule has 5 nitrogen and oxygen atoms in total. The number of rotatable bonds is 6. The Hall–Kier alpha value is -2.86. The predicted molar refractivity (Wildman–Crippen MR) is 113 cm³/mol. The van der Waals surface area contributed by atoms with Crippen molar-refractivity contribution >= 4 is 44.5 Å². The SMILES string of the molecule is CCC(Nc1ccc(Br)cc1)C(=O)N/N=C/c1c(O)ccc2ccccc12. The third-order valence-corrected chi connectivity index (χ3v) is 4.75. The van der Waals surface area contributed by atoms with Gasteiger partial charge >= 0.3 is 0 Å². The molecule has 0 aromatic heterocycles. The third kappa shape index (κ3) is 4.65. The maximum absolute atomic E-state index is 12.4. The van der Waals surface area contributed by atoms with Gasteiger partial charge in [0.05, 0.1) is 6.21 Å². The van der Waals surface area contributed by atoms with Crippen LogP contribution in [0.4, 0.5) is 5.69 Å². The molecule has 0 bridgehead atoms. The van der Waals surface area contributed by atoms with E-state index in [1.807, 2.05) is 61.5 Å². The number of hydrogen-bond acceptors (Lipinski definition) is 4. The summed E-state index contributed by atoms with van der Waals surface area (Å²) in [6.07, 6.45) is 2.08. The number of carbonyl (C=O) groups is 1. The van der Waals surface area contributed by atoms with Crippen LogP contribution < -0.4 is 10.7 Å². The normalized spacial score (nSPS) is 12.2. The van der Waals surface area contributed by atoms with Crippen LogP contribution in [0.1, 0.15) is 18.9 Å². The number of phenolic OH excluding ortho intramolecular Hbond substituents is 1. The molecule has 3 rings (SSSR count). The van der Waals surface area contributed by atoms with Gasteiger partial charge in [0.15, 0.2) is 0 Å². The van der Waals surface area contributed by atoms with Crippen molar-refractivity contribution in [2.45, 2.75) is 19.4 Å². The Labute approximate surface area is 166 Å². The van der Waals surface area contributed by atoms with Crippen molar-refractivity contribution in [2.75, 3.05) is 5.32 Å². The number of phenols is 1. The molecule has 6 heteroatoms. The summed E-state index contributed by atoms with van der Waals surface area (Å²) in [5.41, 5.74) is 3.98. The number of amides is 1. The van der Waals surface area contributed by atoms with Gasteiger partial charge in [0, 0.05) is 15.7 Å². The Balaban J connectivity index is 1.70. The molecular formula is C21H20BrN3O2. The summed E-state index contributed by atoms with van der Waals surface area (Å²) >= 11 is 3.39. The minimum Gasteiger partial charge on any atom is -0.507 e. The first-order valence-corrected chi connectivity index (χ1v) is 9.43. The fourth-order valence-electron chi connectivity index (χ4n) is 2.76. The van der Waals surface area contributed by atoms with Gasteiger partial charge in [-0.1, -0.05) is 53.2 Å². The van der Waals surface area contributed by atoms with E-state index in [4.69, 9.17) is 0 Å². The standard InChI is InChI=1S/C21H20BrN3O2/c1-2-19(24-16-10-8-15(22)9-11-16)21(27)25-23-13-18-17-6-4-3-5-14(17)7-12-20(18)26/h3-13,19,24,26H,2H2,1H3,(H,25,27)/b23-13+. The molecule has 3 N–H and O–H groups in total. The zero-order chi connectivity index (χ0) is 19.2. The number of benzene rings is 3. The van der Waals surface area contributed by atoms with Gasteiger partial charge in [-0.2, -0.15) is 5.10 Å². The van der Waals surface area contributed by atoms with Gasteiger partial charge in [-0.05, 0) is 47.5 Å². The largest absolute Gasteiger partial charge is 0.507 e. The number of anilines is 1. The average molecular weight is 426 g/mol. The highest BCUT2D eigenvalue weighted by atomic mass is 79.9. The van der Waals surface area contributed by atoms with Crippen LogP contribution in [0.25, 0.3) is 10.8 Å². The second-order valence-corrected chi connectivity index (χ2v) is 6.98. The van der Waals surface area contributed by atoms with E-state index < -0.39 is 6.04 Å². The Morgan fingerprint density at radius 1 is 1.15 bits per heavy atom. The third-order valence-electron chi connectivity index (χ3n) is 4.23. The molecule has 0 aliphatic heterocycles. The van der Waals surface area contributed by atoms with E-state index in [0.29, 0.717) is 12.0 Å². The summed E-state index contributed by atoms with van der Waals surface area (Å²) < 4.78 is 0.977. The molecule has 27 heavy (non-hydrogen) atoms. The van der Waals surface area contributed by atoms with Gasteiger partial charge in [0.1, 0.15) is 11.8 Å². The molecular weight excluding hydrogens is 406 g/mol. The van der Waals surface area contributed by atoms with Gasteiger partial charge in [-0.15, -0.1) is 0 Å². The molecule has 0 radical (unpaired) electrons. The van der Waals surface area contributed by atoms with Crippen LogP contribution in [-0.2, 0) is 4.79 Å². The van der Waals surface area contributed by atoms with E-state index >= 15 is 0 Å². The van der Waals surface area contributed by atoms with Crippen molar-refractivity contribution in [3.63, 3.8) is 0 Å². The summed E-state index contributed by atoms with van der Waals surface area (Å²) in [6.45, 7) is 1.93. The molecule has 0 saturated heterocycles. The van der Waals surface area contributed by atoms with Crippen LogP contribution in [0.3, 0.4) is 0 Å². The molecule has 3 aromatic carbocycles. The Morgan fingerprint density at radius 2 is 1.89 bits per heavy atom.